The molecule has 0 unspecified atom stereocenters. The molecule has 0 atom stereocenters. The second kappa shape index (κ2) is 5.16. The Balaban J connectivity index is 2.30. The highest BCUT2D eigenvalue weighted by Gasteiger charge is 2.16. The van der Waals surface area contributed by atoms with Crippen LogP contribution in [0.25, 0.3) is 0 Å². The molecule has 96 valence electrons. The fourth-order valence-electron chi connectivity index (χ4n) is 1.24. The summed E-state index contributed by atoms with van der Waals surface area (Å²) >= 11 is 10.1. The van der Waals surface area contributed by atoms with E-state index in [1.54, 1.807) is 18.2 Å². The van der Waals surface area contributed by atoms with Crippen LogP contribution in [0.15, 0.2) is 33.1 Å². The zero-order chi connectivity index (χ0) is 13.3. The third-order valence-electron chi connectivity index (χ3n) is 2.03. The molecule has 0 aliphatic heterocycles. The number of halogens is 2. The number of sulfonamides is 1. The predicted octanol–water partition coefficient (Wildman–Crippen LogP) is 3.67. The molecule has 2 aromatic rings. The highest BCUT2D eigenvalue weighted by Crippen LogP contribution is 2.26. The second-order valence-corrected chi connectivity index (χ2v) is 7.88. The van der Waals surface area contributed by atoms with E-state index in [2.05, 4.69) is 25.6 Å². The van der Waals surface area contributed by atoms with Crippen LogP contribution in [0.4, 0.5) is 5.69 Å². The molecule has 0 bridgehead atoms. The summed E-state index contributed by atoms with van der Waals surface area (Å²) in [5.41, 5.74) is 0.359. The van der Waals surface area contributed by atoms with Crippen molar-refractivity contribution in [3.05, 3.63) is 38.9 Å². The lowest BCUT2D eigenvalue weighted by Crippen LogP contribution is -2.11. The van der Waals surface area contributed by atoms with Crippen LogP contribution in [0.1, 0.15) is 4.88 Å². The first-order valence-corrected chi connectivity index (χ1v) is 8.26. The molecule has 0 spiro atoms. The summed E-state index contributed by atoms with van der Waals surface area (Å²) in [4.78, 5) is 4.79. The van der Waals surface area contributed by atoms with Gasteiger partial charge in [0.15, 0.2) is 0 Å². The van der Waals surface area contributed by atoms with Crippen LogP contribution >= 0.6 is 38.9 Å². The largest absolute Gasteiger partial charge is 0.277 e. The summed E-state index contributed by atoms with van der Waals surface area (Å²) in [6.07, 6.45) is 1.37. The minimum absolute atomic E-state index is 0.270. The van der Waals surface area contributed by atoms with E-state index in [-0.39, 0.29) is 9.36 Å². The number of thiophene rings is 1. The van der Waals surface area contributed by atoms with Crippen molar-refractivity contribution < 1.29 is 8.42 Å². The summed E-state index contributed by atoms with van der Waals surface area (Å²) in [7, 11) is -3.56. The fourth-order valence-corrected chi connectivity index (χ4v) is 4.01. The molecule has 0 amide bonds. The average Bonchev–Trinajstić information content (AvgIpc) is 2.71. The lowest BCUT2D eigenvalue weighted by molar-refractivity contribution is 0.603. The zero-order valence-electron chi connectivity index (χ0n) is 9.15. The van der Waals surface area contributed by atoms with Gasteiger partial charge in [-0.05, 0) is 41.1 Å². The average molecular weight is 368 g/mol. The Bertz CT molecular complexity index is 685. The Kier molecular flexibility index (Phi) is 3.96. The fraction of sp³-hybridized carbons (Fsp3) is 0.100. The van der Waals surface area contributed by atoms with E-state index in [1.165, 1.54) is 17.5 Å². The van der Waals surface area contributed by atoms with Crippen molar-refractivity contribution in [3.63, 3.8) is 0 Å². The first-order chi connectivity index (χ1) is 8.38. The summed E-state index contributed by atoms with van der Waals surface area (Å²) < 4.78 is 27.3. The highest BCUT2D eigenvalue weighted by atomic mass is 79.9. The lowest BCUT2D eigenvalue weighted by atomic mass is 10.4. The third kappa shape index (κ3) is 3.03. The van der Waals surface area contributed by atoms with Crippen LogP contribution in [0.3, 0.4) is 0 Å². The molecule has 1 N–H and O–H groups in total. The van der Waals surface area contributed by atoms with Crippen LogP contribution in [0, 0.1) is 6.92 Å². The maximum Gasteiger partial charge on any atom is 0.271 e. The van der Waals surface area contributed by atoms with Crippen molar-refractivity contribution in [2.75, 3.05) is 4.72 Å². The molecule has 0 saturated heterocycles. The Morgan fingerprint density at radius 2 is 2.17 bits per heavy atom. The highest BCUT2D eigenvalue weighted by molar-refractivity contribution is 9.10. The second-order valence-electron chi connectivity index (χ2n) is 3.47. The van der Waals surface area contributed by atoms with Crippen molar-refractivity contribution in [1.29, 1.82) is 0 Å². The molecule has 0 aliphatic rings. The molecular weight excluding hydrogens is 360 g/mol. The van der Waals surface area contributed by atoms with Gasteiger partial charge in [0, 0.05) is 4.88 Å². The van der Waals surface area contributed by atoms with Gasteiger partial charge in [-0.2, -0.15) is 0 Å². The van der Waals surface area contributed by atoms with Gasteiger partial charge in [0.25, 0.3) is 10.0 Å². The maximum absolute atomic E-state index is 12.0. The number of aryl methyl sites for hydroxylation is 1. The number of aromatic nitrogens is 1. The van der Waals surface area contributed by atoms with Crippen molar-refractivity contribution in [2.24, 2.45) is 0 Å². The van der Waals surface area contributed by atoms with Crippen LogP contribution in [0.5, 0.6) is 0 Å². The number of nitrogens with zero attached hydrogens (tertiary/aromatic N) is 1. The van der Waals surface area contributed by atoms with Crippen LogP contribution < -0.4 is 4.72 Å². The van der Waals surface area contributed by atoms with Gasteiger partial charge in [-0.25, -0.2) is 13.4 Å². The quantitative estimate of drug-likeness (QED) is 0.842. The Labute approximate surface area is 122 Å². The molecule has 4 nitrogen and oxygen atoms in total. The standard InChI is InChI=1S/C10H8BrClN2O2S2/c1-6-2-3-9(17-6)18(15,16)14-7-4-8(11)10(12)13-5-7/h2-5,14H,1H3. The lowest BCUT2D eigenvalue weighted by Gasteiger charge is -2.06. The van der Waals surface area contributed by atoms with Crippen molar-refractivity contribution in [1.82, 2.24) is 4.98 Å². The minimum atomic E-state index is -3.56. The van der Waals surface area contributed by atoms with Crippen LogP contribution in [0.2, 0.25) is 5.15 Å². The Hall–Kier alpha value is -0.630. The number of rotatable bonds is 3. The normalized spacial score (nSPS) is 11.5. The molecule has 2 aromatic heterocycles. The molecule has 0 aliphatic carbocycles. The van der Waals surface area contributed by atoms with E-state index in [1.807, 2.05) is 6.92 Å². The Morgan fingerprint density at radius 1 is 1.44 bits per heavy atom. The van der Waals surface area contributed by atoms with Crippen LogP contribution in [-0.2, 0) is 10.0 Å². The van der Waals surface area contributed by atoms with E-state index in [9.17, 15) is 8.42 Å². The van der Waals surface area contributed by atoms with Gasteiger partial charge < -0.3 is 0 Å². The summed E-state index contributed by atoms with van der Waals surface area (Å²) in [6.45, 7) is 1.85. The van der Waals surface area contributed by atoms with Gasteiger partial charge in [-0.15, -0.1) is 11.3 Å². The molecular formula is C10H8BrClN2O2S2. The van der Waals surface area contributed by atoms with Crippen molar-refractivity contribution in [3.8, 4) is 0 Å². The summed E-state index contributed by atoms with van der Waals surface area (Å²) in [5, 5.41) is 0.282. The summed E-state index contributed by atoms with van der Waals surface area (Å²) in [6, 6.07) is 4.89. The van der Waals surface area contributed by atoms with E-state index in [0.717, 1.165) is 4.88 Å². The number of hydrogen-bond acceptors (Lipinski definition) is 4. The third-order valence-corrected chi connectivity index (χ3v) is 6.04. The van der Waals surface area contributed by atoms with Gasteiger partial charge in [0.2, 0.25) is 0 Å². The number of hydrogen-bond donors (Lipinski definition) is 1. The first-order valence-electron chi connectivity index (χ1n) is 4.79. The molecule has 8 heteroatoms. The Morgan fingerprint density at radius 3 is 2.72 bits per heavy atom. The molecule has 2 rings (SSSR count). The van der Waals surface area contributed by atoms with Gasteiger partial charge in [0.05, 0.1) is 16.4 Å². The predicted molar refractivity (Wildman–Crippen MR) is 76.8 cm³/mol. The van der Waals surface area contributed by atoms with E-state index in [4.69, 9.17) is 11.6 Å². The summed E-state index contributed by atoms with van der Waals surface area (Å²) in [5.74, 6) is 0. The van der Waals surface area contributed by atoms with Gasteiger partial charge in [0.1, 0.15) is 9.36 Å². The van der Waals surface area contributed by atoms with Gasteiger partial charge in [-0.1, -0.05) is 11.6 Å². The molecule has 2 heterocycles. The zero-order valence-corrected chi connectivity index (χ0v) is 13.1. The molecule has 0 fully saturated rings. The monoisotopic (exact) mass is 366 g/mol. The molecule has 0 aromatic carbocycles. The number of anilines is 1. The smallest absolute Gasteiger partial charge is 0.271 e. The van der Waals surface area contributed by atoms with Crippen molar-refractivity contribution >= 4 is 54.6 Å². The van der Waals surface area contributed by atoms with Crippen LogP contribution in [-0.4, -0.2) is 13.4 Å². The molecule has 0 radical (unpaired) electrons. The van der Waals surface area contributed by atoms with Gasteiger partial charge >= 0.3 is 0 Å². The SMILES string of the molecule is Cc1ccc(S(=O)(=O)Nc2cnc(Cl)c(Br)c2)s1. The number of nitrogens with one attached hydrogen (secondary N) is 1. The van der Waals surface area contributed by atoms with E-state index < -0.39 is 10.0 Å². The topological polar surface area (TPSA) is 59.1 Å². The van der Waals surface area contributed by atoms with E-state index in [0.29, 0.717) is 10.2 Å². The maximum atomic E-state index is 12.0. The van der Waals surface area contributed by atoms with Crippen molar-refractivity contribution in [2.45, 2.75) is 11.1 Å². The number of pyridine rings is 1. The van der Waals surface area contributed by atoms with Gasteiger partial charge in [-0.3, -0.25) is 4.72 Å². The molecule has 18 heavy (non-hydrogen) atoms. The molecule has 0 saturated carbocycles. The first kappa shape index (κ1) is 13.8. The van der Waals surface area contributed by atoms with E-state index >= 15 is 0 Å². The minimum Gasteiger partial charge on any atom is -0.277 e.